The molecule has 1 rings (SSSR count). The Morgan fingerprint density at radius 2 is 1.31 bits per heavy atom. The monoisotopic (exact) mass is 404 g/mol. The van der Waals surface area contributed by atoms with Crippen molar-refractivity contribution in [1.82, 2.24) is 0 Å². The first kappa shape index (κ1) is 25.2. The van der Waals surface area contributed by atoms with E-state index in [1.165, 1.54) is 58.5 Å². The summed E-state index contributed by atoms with van der Waals surface area (Å²) in [4.78, 5) is 24.2. The summed E-state index contributed by atoms with van der Waals surface area (Å²) in [6, 6.07) is 3.57. The molecule has 1 aromatic rings. The van der Waals surface area contributed by atoms with Crippen LogP contribution in [0.1, 0.15) is 123 Å². The number of aryl methyl sites for hydroxylation is 1. The molecule has 0 amide bonds. The third kappa shape index (κ3) is 9.01. The molecule has 1 aromatic carbocycles. The number of hydrogen-bond acceptors (Lipinski definition) is 3. The number of hydrogen-bond donors (Lipinski definition) is 1. The lowest BCUT2D eigenvalue weighted by molar-refractivity contribution is 0.0582. The molecule has 4 nitrogen and oxygen atoms in total. The fourth-order valence-electron chi connectivity index (χ4n) is 3.91. The van der Waals surface area contributed by atoms with Crippen molar-refractivity contribution in [2.45, 2.75) is 104 Å². The molecule has 0 aliphatic carbocycles. The Morgan fingerprint density at radius 1 is 0.793 bits per heavy atom. The summed E-state index contributed by atoms with van der Waals surface area (Å²) < 4.78 is 4.83. The molecule has 0 spiro atoms. The van der Waals surface area contributed by atoms with Gasteiger partial charge in [0.05, 0.1) is 18.2 Å². The zero-order valence-electron chi connectivity index (χ0n) is 18.7. The minimum absolute atomic E-state index is 0.147. The average molecular weight is 405 g/mol. The van der Waals surface area contributed by atoms with Crippen LogP contribution in [0.15, 0.2) is 12.1 Å². The van der Waals surface area contributed by atoms with E-state index in [9.17, 15) is 14.7 Å². The molecule has 0 fully saturated rings. The maximum absolute atomic E-state index is 12.1. The van der Waals surface area contributed by atoms with Crippen molar-refractivity contribution in [2.75, 3.05) is 7.11 Å². The predicted molar refractivity (Wildman–Crippen MR) is 119 cm³/mol. The Kier molecular flexibility index (Phi) is 13.1. The van der Waals surface area contributed by atoms with Gasteiger partial charge >= 0.3 is 11.9 Å². The number of esters is 1. The number of carboxylic acid groups (broad SMARTS) is 1. The summed E-state index contributed by atoms with van der Waals surface area (Å²) in [5.74, 6) is -1.60. The molecular formula is C25H40O4. The predicted octanol–water partition coefficient (Wildman–Crippen LogP) is 6.98. The Hall–Kier alpha value is -1.84. The Labute approximate surface area is 177 Å². The SMILES string of the molecule is CCCCCCCCc1ccc(C(=O)OC)c(C(=O)O)c1CCCCCCCC. The average Bonchev–Trinajstić information content (AvgIpc) is 2.72. The lowest BCUT2D eigenvalue weighted by Crippen LogP contribution is -2.15. The largest absolute Gasteiger partial charge is 0.478 e. The minimum Gasteiger partial charge on any atom is -0.478 e. The van der Waals surface area contributed by atoms with E-state index in [0.717, 1.165) is 43.2 Å². The number of carbonyl (C=O) groups is 2. The van der Waals surface area contributed by atoms with E-state index in [2.05, 4.69) is 13.8 Å². The van der Waals surface area contributed by atoms with Gasteiger partial charge in [-0.15, -0.1) is 0 Å². The highest BCUT2D eigenvalue weighted by atomic mass is 16.5. The molecule has 0 aromatic heterocycles. The van der Waals surface area contributed by atoms with Crippen molar-refractivity contribution in [3.05, 3.63) is 34.4 Å². The molecule has 0 aliphatic heterocycles. The van der Waals surface area contributed by atoms with E-state index in [0.29, 0.717) is 6.42 Å². The van der Waals surface area contributed by atoms with Crippen LogP contribution in [0, 0.1) is 0 Å². The van der Waals surface area contributed by atoms with Crippen LogP contribution in [-0.4, -0.2) is 24.2 Å². The van der Waals surface area contributed by atoms with Crippen molar-refractivity contribution in [2.24, 2.45) is 0 Å². The molecule has 0 unspecified atom stereocenters. The first-order valence-electron chi connectivity index (χ1n) is 11.5. The lowest BCUT2D eigenvalue weighted by Gasteiger charge is -2.16. The van der Waals surface area contributed by atoms with E-state index >= 15 is 0 Å². The van der Waals surface area contributed by atoms with E-state index in [1.807, 2.05) is 6.07 Å². The van der Waals surface area contributed by atoms with Crippen LogP contribution < -0.4 is 0 Å². The molecule has 4 heteroatoms. The minimum atomic E-state index is -1.03. The Bertz CT molecular complexity index is 621. The summed E-state index contributed by atoms with van der Waals surface area (Å²) in [5.41, 5.74) is 2.24. The summed E-state index contributed by atoms with van der Waals surface area (Å²) in [7, 11) is 1.30. The third-order valence-corrected chi connectivity index (χ3v) is 5.61. The van der Waals surface area contributed by atoms with Gasteiger partial charge in [0.15, 0.2) is 0 Å². The third-order valence-electron chi connectivity index (χ3n) is 5.61. The molecule has 0 atom stereocenters. The number of methoxy groups -OCH3 is 1. The fourth-order valence-corrected chi connectivity index (χ4v) is 3.91. The van der Waals surface area contributed by atoms with Crippen LogP contribution in [0.5, 0.6) is 0 Å². The fraction of sp³-hybridized carbons (Fsp3) is 0.680. The zero-order valence-corrected chi connectivity index (χ0v) is 18.7. The van der Waals surface area contributed by atoms with Crippen molar-refractivity contribution in [3.8, 4) is 0 Å². The number of aromatic carboxylic acids is 1. The van der Waals surface area contributed by atoms with Gasteiger partial charge in [-0.2, -0.15) is 0 Å². The molecule has 1 N–H and O–H groups in total. The summed E-state index contributed by atoms with van der Waals surface area (Å²) >= 11 is 0. The molecule has 0 saturated carbocycles. The van der Waals surface area contributed by atoms with Crippen LogP contribution in [0.3, 0.4) is 0 Å². The van der Waals surface area contributed by atoms with Gasteiger partial charge in [0.2, 0.25) is 0 Å². The van der Waals surface area contributed by atoms with Gasteiger partial charge in [-0.1, -0.05) is 84.1 Å². The van der Waals surface area contributed by atoms with Crippen LogP contribution in [-0.2, 0) is 17.6 Å². The zero-order chi connectivity index (χ0) is 21.5. The standard InChI is InChI=1S/C25H40O4/c1-4-6-8-10-12-14-16-20-18-19-22(25(28)29-3)23(24(26)27)21(20)17-15-13-11-9-7-5-2/h18-19H,4-17H2,1-3H3,(H,26,27). The van der Waals surface area contributed by atoms with Gasteiger partial charge in [0.25, 0.3) is 0 Å². The number of benzene rings is 1. The number of unbranched alkanes of at least 4 members (excludes halogenated alkanes) is 10. The Morgan fingerprint density at radius 3 is 1.83 bits per heavy atom. The summed E-state index contributed by atoms with van der Waals surface area (Å²) in [5, 5.41) is 9.85. The van der Waals surface area contributed by atoms with E-state index in [-0.39, 0.29) is 11.1 Å². The lowest BCUT2D eigenvalue weighted by atomic mass is 9.89. The second kappa shape index (κ2) is 15.1. The second-order valence-corrected chi connectivity index (χ2v) is 7.96. The van der Waals surface area contributed by atoms with Crippen LogP contribution in [0.4, 0.5) is 0 Å². The number of carbonyl (C=O) groups excluding carboxylic acids is 1. The first-order valence-corrected chi connectivity index (χ1v) is 11.5. The highest BCUT2D eigenvalue weighted by molar-refractivity contribution is 6.03. The normalized spacial score (nSPS) is 10.9. The number of rotatable bonds is 16. The molecule has 0 aliphatic rings. The highest BCUT2D eigenvalue weighted by Gasteiger charge is 2.23. The van der Waals surface area contributed by atoms with Crippen LogP contribution >= 0.6 is 0 Å². The van der Waals surface area contributed by atoms with Crippen molar-refractivity contribution in [1.29, 1.82) is 0 Å². The van der Waals surface area contributed by atoms with Gasteiger partial charge in [0, 0.05) is 0 Å². The molecule has 29 heavy (non-hydrogen) atoms. The van der Waals surface area contributed by atoms with Gasteiger partial charge in [-0.3, -0.25) is 0 Å². The Balaban J connectivity index is 2.92. The summed E-state index contributed by atoms with van der Waals surface area (Å²) in [6.45, 7) is 4.41. The van der Waals surface area contributed by atoms with Crippen LogP contribution in [0.2, 0.25) is 0 Å². The smallest absolute Gasteiger partial charge is 0.338 e. The second-order valence-electron chi connectivity index (χ2n) is 7.96. The molecule has 0 saturated heterocycles. The molecule has 0 heterocycles. The summed E-state index contributed by atoms with van der Waals surface area (Å²) in [6.07, 6.45) is 15.7. The first-order chi connectivity index (χ1) is 14.1. The van der Waals surface area contributed by atoms with Gasteiger partial charge in [-0.25, -0.2) is 9.59 Å². The van der Waals surface area contributed by atoms with Gasteiger partial charge in [-0.05, 0) is 42.9 Å². The van der Waals surface area contributed by atoms with Crippen molar-refractivity contribution < 1.29 is 19.4 Å². The van der Waals surface area contributed by atoms with Gasteiger partial charge in [0.1, 0.15) is 0 Å². The molecule has 0 bridgehead atoms. The van der Waals surface area contributed by atoms with Gasteiger partial charge < -0.3 is 9.84 Å². The molecule has 164 valence electrons. The molecular weight excluding hydrogens is 364 g/mol. The van der Waals surface area contributed by atoms with E-state index in [1.54, 1.807) is 6.07 Å². The maximum atomic E-state index is 12.1. The maximum Gasteiger partial charge on any atom is 0.338 e. The number of carboxylic acids is 1. The quantitative estimate of drug-likeness (QED) is 0.238. The topological polar surface area (TPSA) is 63.6 Å². The van der Waals surface area contributed by atoms with Crippen LogP contribution in [0.25, 0.3) is 0 Å². The van der Waals surface area contributed by atoms with E-state index in [4.69, 9.17) is 4.74 Å². The molecule has 0 radical (unpaired) electrons. The van der Waals surface area contributed by atoms with Crippen molar-refractivity contribution >= 4 is 11.9 Å². The highest BCUT2D eigenvalue weighted by Crippen LogP contribution is 2.25. The van der Waals surface area contributed by atoms with E-state index < -0.39 is 11.9 Å². The number of ether oxygens (including phenoxy) is 1. The van der Waals surface area contributed by atoms with Crippen molar-refractivity contribution in [3.63, 3.8) is 0 Å².